The Kier molecular flexibility index (Phi) is 5.50. The molecular formula is C12H16N2O4S. The van der Waals surface area contributed by atoms with E-state index >= 15 is 0 Å². The molecular weight excluding hydrogens is 268 g/mol. The third-order valence-electron chi connectivity index (χ3n) is 2.40. The van der Waals surface area contributed by atoms with E-state index in [1.165, 1.54) is 18.2 Å². The molecule has 7 heteroatoms. The molecule has 1 atom stereocenters. The van der Waals surface area contributed by atoms with Gasteiger partial charge in [-0.15, -0.1) is 0 Å². The topological polar surface area (TPSA) is 95.5 Å². The molecule has 1 aromatic rings. The lowest BCUT2D eigenvalue weighted by Gasteiger charge is -2.10. The SMILES string of the molecule is Cc1cc(C(=O)O)ccc1NC(=O)NCCS(C)=O. The number of hydrogen-bond donors (Lipinski definition) is 3. The summed E-state index contributed by atoms with van der Waals surface area (Å²) < 4.78 is 10.8. The van der Waals surface area contributed by atoms with Crippen LogP contribution in [0.2, 0.25) is 0 Å². The molecule has 0 aliphatic rings. The molecule has 0 aliphatic carbocycles. The van der Waals surface area contributed by atoms with Crippen LogP contribution in [0.15, 0.2) is 18.2 Å². The fourth-order valence-electron chi connectivity index (χ4n) is 1.41. The number of benzene rings is 1. The summed E-state index contributed by atoms with van der Waals surface area (Å²) in [5.41, 5.74) is 1.37. The van der Waals surface area contributed by atoms with Gasteiger partial charge in [0.15, 0.2) is 0 Å². The lowest BCUT2D eigenvalue weighted by molar-refractivity contribution is 0.0697. The zero-order chi connectivity index (χ0) is 14.4. The van der Waals surface area contributed by atoms with Crippen molar-refractivity contribution < 1.29 is 18.9 Å². The standard InChI is InChI=1S/C12H16N2O4S/c1-8-7-9(11(15)16)3-4-10(8)14-12(17)13-5-6-19(2)18/h3-4,7H,5-6H2,1-2H3,(H,15,16)(H2,13,14,17). The molecule has 1 rings (SSSR count). The minimum absolute atomic E-state index is 0.171. The number of carboxylic acid groups (broad SMARTS) is 1. The molecule has 1 aromatic carbocycles. The van der Waals surface area contributed by atoms with Gasteiger partial charge in [0.05, 0.1) is 5.56 Å². The largest absolute Gasteiger partial charge is 0.478 e. The molecule has 0 radical (unpaired) electrons. The highest BCUT2D eigenvalue weighted by molar-refractivity contribution is 7.84. The number of rotatable bonds is 5. The van der Waals surface area contributed by atoms with E-state index in [4.69, 9.17) is 5.11 Å². The van der Waals surface area contributed by atoms with Crippen LogP contribution in [0.1, 0.15) is 15.9 Å². The molecule has 0 bridgehead atoms. The van der Waals surface area contributed by atoms with Gasteiger partial charge in [0.25, 0.3) is 0 Å². The Labute approximate surface area is 113 Å². The number of aryl methyl sites for hydroxylation is 1. The zero-order valence-corrected chi connectivity index (χ0v) is 11.5. The maximum atomic E-state index is 11.5. The average Bonchev–Trinajstić information content (AvgIpc) is 2.31. The van der Waals surface area contributed by atoms with Gasteiger partial charge in [-0.25, -0.2) is 9.59 Å². The average molecular weight is 284 g/mol. The van der Waals surface area contributed by atoms with Gasteiger partial charge in [-0.05, 0) is 30.7 Å². The number of hydrogen-bond acceptors (Lipinski definition) is 3. The van der Waals surface area contributed by atoms with E-state index in [-0.39, 0.29) is 5.56 Å². The third-order valence-corrected chi connectivity index (χ3v) is 3.18. The summed E-state index contributed by atoms with van der Waals surface area (Å²) in [5.74, 6) is -0.616. The maximum absolute atomic E-state index is 11.5. The van der Waals surface area contributed by atoms with Crippen LogP contribution >= 0.6 is 0 Å². The Morgan fingerprint density at radius 1 is 1.37 bits per heavy atom. The zero-order valence-electron chi connectivity index (χ0n) is 10.7. The van der Waals surface area contributed by atoms with Crippen LogP contribution in [-0.2, 0) is 10.8 Å². The van der Waals surface area contributed by atoms with Crippen molar-refractivity contribution in [1.29, 1.82) is 0 Å². The molecule has 2 amide bonds. The van der Waals surface area contributed by atoms with E-state index in [2.05, 4.69) is 10.6 Å². The highest BCUT2D eigenvalue weighted by atomic mass is 32.2. The molecule has 104 valence electrons. The second-order valence-corrected chi connectivity index (χ2v) is 5.55. The predicted molar refractivity (Wildman–Crippen MR) is 74.1 cm³/mol. The summed E-state index contributed by atoms with van der Waals surface area (Å²) in [6.45, 7) is 2.03. The summed E-state index contributed by atoms with van der Waals surface area (Å²) in [4.78, 5) is 22.3. The highest BCUT2D eigenvalue weighted by Crippen LogP contribution is 2.16. The van der Waals surface area contributed by atoms with Gasteiger partial charge in [0.2, 0.25) is 0 Å². The Morgan fingerprint density at radius 3 is 2.58 bits per heavy atom. The first-order valence-corrected chi connectivity index (χ1v) is 7.31. The van der Waals surface area contributed by atoms with Crippen molar-refractivity contribution in [1.82, 2.24) is 5.32 Å². The second-order valence-electron chi connectivity index (χ2n) is 3.99. The molecule has 0 saturated carbocycles. The maximum Gasteiger partial charge on any atom is 0.335 e. The molecule has 3 N–H and O–H groups in total. The van der Waals surface area contributed by atoms with E-state index in [1.54, 1.807) is 13.2 Å². The Bertz CT molecular complexity index is 516. The van der Waals surface area contributed by atoms with Crippen molar-refractivity contribution in [2.24, 2.45) is 0 Å². The Morgan fingerprint density at radius 2 is 2.05 bits per heavy atom. The monoisotopic (exact) mass is 284 g/mol. The second kappa shape index (κ2) is 6.89. The Balaban J connectivity index is 2.59. The van der Waals surface area contributed by atoms with Gasteiger partial charge in [0, 0.05) is 35.0 Å². The smallest absolute Gasteiger partial charge is 0.335 e. The summed E-state index contributed by atoms with van der Waals surface area (Å²) in [5, 5.41) is 14.0. The number of nitrogens with one attached hydrogen (secondary N) is 2. The lowest BCUT2D eigenvalue weighted by atomic mass is 10.1. The van der Waals surface area contributed by atoms with Crippen molar-refractivity contribution in [3.8, 4) is 0 Å². The van der Waals surface area contributed by atoms with Crippen LogP contribution in [0.5, 0.6) is 0 Å². The van der Waals surface area contributed by atoms with Crippen molar-refractivity contribution in [2.45, 2.75) is 6.92 Å². The van der Waals surface area contributed by atoms with Crippen LogP contribution < -0.4 is 10.6 Å². The van der Waals surface area contributed by atoms with E-state index in [0.29, 0.717) is 23.5 Å². The summed E-state index contributed by atoms with van der Waals surface area (Å²) in [6.07, 6.45) is 1.56. The minimum Gasteiger partial charge on any atom is -0.478 e. The number of urea groups is 1. The molecule has 0 fully saturated rings. The quantitative estimate of drug-likeness (QED) is 0.757. The summed E-state index contributed by atoms with van der Waals surface area (Å²) >= 11 is 0. The van der Waals surface area contributed by atoms with Crippen molar-refractivity contribution in [2.75, 3.05) is 23.9 Å². The van der Waals surface area contributed by atoms with Gasteiger partial charge in [-0.3, -0.25) is 4.21 Å². The van der Waals surface area contributed by atoms with Gasteiger partial charge < -0.3 is 15.7 Å². The van der Waals surface area contributed by atoms with Crippen molar-refractivity contribution in [3.63, 3.8) is 0 Å². The van der Waals surface area contributed by atoms with E-state index < -0.39 is 22.8 Å². The van der Waals surface area contributed by atoms with Gasteiger partial charge >= 0.3 is 12.0 Å². The molecule has 0 aromatic heterocycles. The molecule has 19 heavy (non-hydrogen) atoms. The fourth-order valence-corrected chi connectivity index (χ4v) is 1.80. The third kappa shape index (κ3) is 5.09. The van der Waals surface area contributed by atoms with Crippen molar-refractivity contribution in [3.05, 3.63) is 29.3 Å². The van der Waals surface area contributed by atoms with Gasteiger partial charge in [0.1, 0.15) is 0 Å². The number of amides is 2. The van der Waals surface area contributed by atoms with E-state index in [1.807, 2.05) is 0 Å². The van der Waals surface area contributed by atoms with E-state index in [9.17, 15) is 13.8 Å². The van der Waals surface area contributed by atoms with Crippen LogP contribution in [0.25, 0.3) is 0 Å². The first-order valence-electron chi connectivity index (χ1n) is 5.59. The fraction of sp³-hybridized carbons (Fsp3) is 0.333. The number of carboxylic acids is 1. The van der Waals surface area contributed by atoms with Crippen LogP contribution in [0.3, 0.4) is 0 Å². The van der Waals surface area contributed by atoms with Crippen LogP contribution in [-0.4, -0.2) is 39.9 Å². The first kappa shape index (κ1) is 15.2. The number of anilines is 1. The first-order chi connectivity index (χ1) is 8.90. The summed E-state index contributed by atoms with van der Waals surface area (Å²) in [7, 11) is -0.949. The van der Waals surface area contributed by atoms with Crippen LogP contribution in [0.4, 0.5) is 10.5 Å². The predicted octanol–water partition coefficient (Wildman–Crippen LogP) is 1.19. The number of aromatic carboxylic acids is 1. The van der Waals surface area contributed by atoms with Gasteiger partial charge in [-0.1, -0.05) is 0 Å². The molecule has 6 nitrogen and oxygen atoms in total. The Hall–Kier alpha value is -1.89. The number of carbonyl (C=O) groups excluding carboxylic acids is 1. The van der Waals surface area contributed by atoms with Gasteiger partial charge in [-0.2, -0.15) is 0 Å². The lowest BCUT2D eigenvalue weighted by Crippen LogP contribution is -2.32. The minimum atomic E-state index is -1.01. The van der Waals surface area contributed by atoms with E-state index in [0.717, 1.165) is 0 Å². The normalized spacial score (nSPS) is 11.7. The molecule has 1 unspecified atom stereocenters. The molecule has 0 aliphatic heterocycles. The molecule has 0 heterocycles. The summed E-state index contributed by atoms with van der Waals surface area (Å²) in [6, 6.07) is 4.04. The van der Waals surface area contributed by atoms with Crippen molar-refractivity contribution >= 4 is 28.5 Å². The number of carbonyl (C=O) groups is 2. The molecule has 0 spiro atoms. The highest BCUT2D eigenvalue weighted by Gasteiger charge is 2.08. The molecule has 0 saturated heterocycles. The van der Waals surface area contributed by atoms with Crippen LogP contribution in [0, 0.1) is 6.92 Å².